The quantitative estimate of drug-likeness (QED) is 0.688. The van der Waals surface area contributed by atoms with Crippen LogP contribution in [0.2, 0.25) is 0 Å². The minimum atomic E-state index is -4.93. The predicted octanol–water partition coefficient (Wildman–Crippen LogP) is 4.72. The van der Waals surface area contributed by atoms with Gasteiger partial charge in [-0.1, -0.05) is 17.7 Å². The van der Waals surface area contributed by atoms with Gasteiger partial charge in [0.2, 0.25) is 5.89 Å². The van der Waals surface area contributed by atoms with Gasteiger partial charge in [-0.15, -0.1) is 0 Å². The van der Waals surface area contributed by atoms with Gasteiger partial charge in [0, 0.05) is 17.8 Å². The van der Waals surface area contributed by atoms with Crippen molar-refractivity contribution in [3.05, 3.63) is 48.0 Å². The van der Waals surface area contributed by atoms with Crippen molar-refractivity contribution in [2.45, 2.75) is 20.0 Å². The molecule has 0 aliphatic heterocycles. The average molecular weight is 348 g/mol. The van der Waals surface area contributed by atoms with Gasteiger partial charge in [-0.05, 0) is 44.2 Å². The topological polar surface area (TPSA) is 46.3 Å². The van der Waals surface area contributed by atoms with E-state index in [1.54, 1.807) is 0 Å². The molecule has 3 aromatic rings. The fourth-order valence-electron chi connectivity index (χ4n) is 2.58. The lowest BCUT2D eigenvalue weighted by molar-refractivity contribution is -0.170. The van der Waals surface area contributed by atoms with Crippen LogP contribution in [0.3, 0.4) is 0 Å². The maximum Gasteiger partial charge on any atom is 0.471 e. The summed E-state index contributed by atoms with van der Waals surface area (Å²) in [6.07, 6.45) is -4.93. The lowest BCUT2D eigenvalue weighted by Crippen LogP contribution is -2.41. The van der Waals surface area contributed by atoms with Crippen molar-refractivity contribution in [3.63, 3.8) is 0 Å². The van der Waals surface area contributed by atoms with Gasteiger partial charge >= 0.3 is 12.1 Å². The van der Waals surface area contributed by atoms with Crippen molar-refractivity contribution in [2.75, 3.05) is 11.4 Å². The van der Waals surface area contributed by atoms with Crippen LogP contribution in [0.4, 0.5) is 18.9 Å². The van der Waals surface area contributed by atoms with Gasteiger partial charge in [0.1, 0.15) is 5.52 Å². The molecule has 3 rings (SSSR count). The molecular weight excluding hydrogens is 333 g/mol. The van der Waals surface area contributed by atoms with Crippen LogP contribution >= 0.6 is 0 Å². The number of anilines is 1. The molecule has 0 N–H and O–H groups in total. The third-order valence-electron chi connectivity index (χ3n) is 3.75. The summed E-state index contributed by atoms with van der Waals surface area (Å²) in [6.45, 7) is 3.31. The first kappa shape index (κ1) is 17.0. The van der Waals surface area contributed by atoms with E-state index in [4.69, 9.17) is 4.42 Å². The van der Waals surface area contributed by atoms with Crippen LogP contribution < -0.4 is 4.90 Å². The van der Waals surface area contributed by atoms with E-state index in [2.05, 4.69) is 4.98 Å². The molecular formula is C18H15F3N2O2. The van der Waals surface area contributed by atoms with Crippen molar-refractivity contribution in [3.8, 4) is 11.5 Å². The fourth-order valence-corrected chi connectivity index (χ4v) is 2.58. The Bertz CT molecular complexity index is 931. The smallest absolute Gasteiger partial charge is 0.436 e. The second-order valence-corrected chi connectivity index (χ2v) is 5.59. The van der Waals surface area contributed by atoms with Gasteiger partial charge in [-0.2, -0.15) is 13.2 Å². The van der Waals surface area contributed by atoms with E-state index in [9.17, 15) is 18.0 Å². The monoisotopic (exact) mass is 348 g/mol. The summed E-state index contributed by atoms with van der Waals surface area (Å²) in [5.41, 5.74) is 2.77. The molecule has 25 heavy (non-hydrogen) atoms. The van der Waals surface area contributed by atoms with Crippen molar-refractivity contribution in [1.82, 2.24) is 4.98 Å². The lowest BCUT2D eigenvalue weighted by Gasteiger charge is -2.21. The minimum absolute atomic E-state index is 0.105. The van der Waals surface area contributed by atoms with Crippen LogP contribution in [0, 0.1) is 6.92 Å². The molecule has 0 spiro atoms. The fraction of sp³-hybridized carbons (Fsp3) is 0.222. The zero-order valence-electron chi connectivity index (χ0n) is 13.6. The number of aryl methyl sites for hydroxylation is 1. The third-order valence-corrected chi connectivity index (χ3v) is 3.75. The summed E-state index contributed by atoms with van der Waals surface area (Å²) in [4.78, 5) is 16.6. The Labute approximate surface area is 141 Å². The van der Waals surface area contributed by atoms with E-state index >= 15 is 0 Å². The summed E-state index contributed by atoms with van der Waals surface area (Å²) < 4.78 is 43.8. The number of benzene rings is 2. The van der Waals surface area contributed by atoms with Gasteiger partial charge in [0.25, 0.3) is 0 Å². The van der Waals surface area contributed by atoms with Crippen molar-refractivity contribution < 1.29 is 22.4 Å². The Morgan fingerprint density at radius 3 is 2.60 bits per heavy atom. The number of nitrogens with zero attached hydrogens (tertiary/aromatic N) is 2. The molecule has 0 aliphatic rings. The molecule has 4 nitrogen and oxygen atoms in total. The second-order valence-electron chi connectivity index (χ2n) is 5.59. The molecule has 1 heterocycles. The molecule has 7 heteroatoms. The van der Waals surface area contributed by atoms with E-state index in [-0.39, 0.29) is 12.2 Å². The van der Waals surface area contributed by atoms with Crippen LogP contribution in [0.5, 0.6) is 0 Å². The van der Waals surface area contributed by atoms with Crippen LogP contribution in [0.15, 0.2) is 46.9 Å². The van der Waals surface area contributed by atoms with E-state index in [1.165, 1.54) is 25.1 Å². The van der Waals surface area contributed by atoms with Crippen LogP contribution in [-0.2, 0) is 4.79 Å². The molecule has 2 aromatic carbocycles. The van der Waals surface area contributed by atoms with E-state index in [1.807, 2.05) is 31.2 Å². The van der Waals surface area contributed by atoms with Gasteiger partial charge in [-0.3, -0.25) is 4.79 Å². The molecule has 0 fully saturated rings. The Hall–Kier alpha value is -2.83. The highest BCUT2D eigenvalue weighted by molar-refractivity contribution is 5.98. The molecule has 0 aliphatic carbocycles. The molecule has 0 bridgehead atoms. The first-order valence-electron chi connectivity index (χ1n) is 7.66. The number of carbonyl (C=O) groups is 1. The highest BCUT2D eigenvalue weighted by atomic mass is 19.4. The number of carbonyl (C=O) groups excluding carboxylic acids is 1. The molecule has 0 unspecified atom stereocenters. The van der Waals surface area contributed by atoms with Gasteiger partial charge in [-0.25, -0.2) is 4.98 Å². The summed E-state index contributed by atoms with van der Waals surface area (Å²) in [7, 11) is 0. The molecule has 1 amide bonds. The normalized spacial score (nSPS) is 11.7. The summed E-state index contributed by atoms with van der Waals surface area (Å²) in [5.74, 6) is -1.53. The number of amides is 1. The SMILES string of the molecule is CCN(C(=O)C(F)(F)F)c1ccc2oc(-c3cccc(C)c3)nc2c1. The number of aromatic nitrogens is 1. The average Bonchev–Trinajstić information content (AvgIpc) is 2.98. The predicted molar refractivity (Wildman–Crippen MR) is 88.3 cm³/mol. The Balaban J connectivity index is 2.01. The Morgan fingerprint density at radius 2 is 1.96 bits per heavy atom. The van der Waals surface area contributed by atoms with Crippen molar-refractivity contribution in [1.29, 1.82) is 0 Å². The number of oxazole rings is 1. The largest absolute Gasteiger partial charge is 0.471 e. The molecule has 0 saturated carbocycles. The van der Waals surface area contributed by atoms with Gasteiger partial charge in [0.15, 0.2) is 5.58 Å². The second kappa shape index (κ2) is 6.23. The number of hydrogen-bond donors (Lipinski definition) is 0. The molecule has 0 radical (unpaired) electrons. The highest BCUT2D eigenvalue weighted by Gasteiger charge is 2.42. The van der Waals surface area contributed by atoms with Crippen LogP contribution in [-0.4, -0.2) is 23.6 Å². The van der Waals surface area contributed by atoms with Gasteiger partial charge in [0.05, 0.1) is 0 Å². The van der Waals surface area contributed by atoms with Crippen LogP contribution in [0.1, 0.15) is 12.5 Å². The Kier molecular flexibility index (Phi) is 4.24. The lowest BCUT2D eigenvalue weighted by atomic mass is 10.1. The third kappa shape index (κ3) is 3.35. The summed E-state index contributed by atoms with van der Waals surface area (Å²) in [6, 6.07) is 11.9. The van der Waals surface area contributed by atoms with E-state index in [0.29, 0.717) is 21.9 Å². The zero-order chi connectivity index (χ0) is 18.2. The van der Waals surface area contributed by atoms with Crippen LogP contribution in [0.25, 0.3) is 22.6 Å². The number of fused-ring (bicyclic) bond motifs is 1. The van der Waals surface area contributed by atoms with E-state index < -0.39 is 12.1 Å². The number of rotatable bonds is 3. The highest BCUT2D eigenvalue weighted by Crippen LogP contribution is 2.29. The maximum absolute atomic E-state index is 12.7. The molecule has 1 aromatic heterocycles. The molecule has 130 valence electrons. The molecule has 0 saturated heterocycles. The number of hydrogen-bond acceptors (Lipinski definition) is 3. The zero-order valence-corrected chi connectivity index (χ0v) is 13.6. The first-order chi connectivity index (χ1) is 11.8. The van der Waals surface area contributed by atoms with Crippen molar-refractivity contribution >= 4 is 22.7 Å². The number of halogens is 3. The number of alkyl halides is 3. The first-order valence-corrected chi connectivity index (χ1v) is 7.66. The summed E-state index contributed by atoms with van der Waals surface area (Å²) in [5, 5.41) is 0. The van der Waals surface area contributed by atoms with Gasteiger partial charge < -0.3 is 9.32 Å². The van der Waals surface area contributed by atoms with E-state index in [0.717, 1.165) is 11.1 Å². The summed E-state index contributed by atoms with van der Waals surface area (Å²) >= 11 is 0. The maximum atomic E-state index is 12.7. The molecule has 0 atom stereocenters. The van der Waals surface area contributed by atoms with Crippen molar-refractivity contribution in [2.24, 2.45) is 0 Å². The standard InChI is InChI=1S/C18H15F3N2O2/c1-3-23(17(24)18(19,20)21)13-7-8-15-14(10-13)22-16(25-15)12-6-4-5-11(2)9-12/h4-10H,3H2,1-2H3. The minimum Gasteiger partial charge on any atom is -0.436 e. The Morgan fingerprint density at radius 1 is 1.20 bits per heavy atom.